The molecule has 0 bridgehead atoms. The van der Waals surface area contributed by atoms with Crippen LogP contribution < -0.4 is 9.80 Å². The van der Waals surface area contributed by atoms with Crippen LogP contribution in [-0.2, 0) is 10.9 Å². The molecule has 0 unspecified atom stereocenters. The molecule has 1 amide bonds. The Bertz CT molecular complexity index is 1310. The van der Waals surface area contributed by atoms with Gasteiger partial charge in [-0.05, 0) is 94.2 Å². The average molecular weight is 612 g/mol. The molecule has 2 aromatic rings. The number of carbonyl (C=O) groups excluding carboxylic acids is 1. The lowest BCUT2D eigenvalue weighted by atomic mass is 9.88. The summed E-state index contributed by atoms with van der Waals surface area (Å²) in [6, 6.07) is 14.5. The van der Waals surface area contributed by atoms with Crippen molar-refractivity contribution in [3.05, 3.63) is 59.2 Å². The highest BCUT2D eigenvalue weighted by atomic mass is 19.4. The number of hydrogen-bond donors (Lipinski definition) is 0. The van der Waals surface area contributed by atoms with Gasteiger partial charge in [0.25, 0.3) is 0 Å². The first kappa shape index (κ1) is 32.0. The van der Waals surface area contributed by atoms with Crippen molar-refractivity contribution in [2.24, 2.45) is 5.92 Å². The SMILES string of the molecule is CC(C)(C)OC(=O)N1CCN(CC2CCN(c3ccc(C4CCN(c5ccc(C#N)c(C(F)(F)F)c5)CC4)cc3)CC2)CC1. The largest absolute Gasteiger partial charge is 0.444 e. The Labute approximate surface area is 259 Å². The third kappa shape index (κ3) is 7.98. The standard InChI is InChI=1S/C34H44F3N5O2/c1-33(2,3)44-32(43)42-20-18-39(19-21-42)24-25-10-14-40(15-11-25)29-7-4-26(5-8-29)27-12-16-41(17-13-27)30-9-6-28(23-38)31(22-30)34(35,36)37/h4-9,22,25,27H,10-21,24H2,1-3H3. The van der Waals surface area contributed by atoms with E-state index in [-0.39, 0.29) is 11.7 Å². The zero-order chi connectivity index (χ0) is 31.5. The van der Waals surface area contributed by atoms with Crippen LogP contribution in [0.3, 0.4) is 0 Å². The van der Waals surface area contributed by atoms with Crippen molar-refractivity contribution >= 4 is 17.5 Å². The van der Waals surface area contributed by atoms with Crippen LogP contribution >= 0.6 is 0 Å². The minimum atomic E-state index is -4.54. The number of carbonyl (C=O) groups is 1. The maximum atomic E-state index is 13.4. The number of piperazine rings is 1. The second-order valence-electron chi connectivity index (χ2n) is 13.4. The van der Waals surface area contributed by atoms with Crippen molar-refractivity contribution in [2.45, 2.75) is 64.1 Å². The summed E-state index contributed by atoms with van der Waals surface area (Å²) in [5.74, 6) is 1.04. The van der Waals surface area contributed by atoms with Crippen molar-refractivity contribution < 1.29 is 22.7 Å². The van der Waals surface area contributed by atoms with Gasteiger partial charge in [0.15, 0.2) is 0 Å². The minimum Gasteiger partial charge on any atom is -0.444 e. The highest BCUT2D eigenvalue weighted by Crippen LogP contribution is 2.37. The molecule has 0 atom stereocenters. The van der Waals surface area contributed by atoms with Crippen LogP contribution in [-0.4, -0.2) is 80.4 Å². The molecule has 0 saturated carbocycles. The first-order chi connectivity index (χ1) is 20.9. The molecule has 3 saturated heterocycles. The van der Waals surface area contributed by atoms with E-state index in [1.165, 1.54) is 17.3 Å². The fourth-order valence-corrected chi connectivity index (χ4v) is 6.67. The van der Waals surface area contributed by atoms with Crippen LogP contribution in [0.25, 0.3) is 0 Å². The molecule has 0 spiro atoms. The second kappa shape index (κ2) is 13.3. The molecule has 3 aliphatic rings. The number of rotatable bonds is 5. The highest BCUT2D eigenvalue weighted by Gasteiger charge is 2.35. The molecule has 7 nitrogen and oxygen atoms in total. The molecule has 10 heteroatoms. The molecule has 2 aromatic carbocycles. The zero-order valence-electron chi connectivity index (χ0n) is 26.1. The Kier molecular flexibility index (Phi) is 9.64. The Morgan fingerprint density at radius 1 is 0.841 bits per heavy atom. The van der Waals surface area contributed by atoms with Gasteiger partial charge in [-0.15, -0.1) is 0 Å². The molecular formula is C34H44F3N5O2. The summed E-state index contributed by atoms with van der Waals surface area (Å²) in [5, 5.41) is 9.08. The minimum absolute atomic E-state index is 0.215. The summed E-state index contributed by atoms with van der Waals surface area (Å²) in [4.78, 5) is 21.1. The normalized spacial score (nSPS) is 19.6. The first-order valence-corrected chi connectivity index (χ1v) is 15.8. The Hall–Kier alpha value is -3.45. The summed E-state index contributed by atoms with van der Waals surface area (Å²) in [5.41, 5.74) is 1.38. The fourth-order valence-electron chi connectivity index (χ4n) is 6.67. The van der Waals surface area contributed by atoms with Crippen LogP contribution in [0.5, 0.6) is 0 Å². The number of anilines is 2. The summed E-state index contributed by atoms with van der Waals surface area (Å²) in [6.45, 7) is 13.4. The maximum Gasteiger partial charge on any atom is 0.417 e. The third-order valence-electron chi connectivity index (χ3n) is 9.17. The number of ether oxygens (including phenoxy) is 1. The zero-order valence-corrected chi connectivity index (χ0v) is 26.1. The predicted octanol–water partition coefficient (Wildman–Crippen LogP) is 6.73. The Morgan fingerprint density at radius 3 is 1.98 bits per heavy atom. The van der Waals surface area contributed by atoms with Crippen LogP contribution in [0.2, 0.25) is 0 Å². The van der Waals surface area contributed by atoms with E-state index >= 15 is 0 Å². The van der Waals surface area contributed by atoms with E-state index in [4.69, 9.17) is 10.00 Å². The topological polar surface area (TPSA) is 63.1 Å². The molecule has 5 rings (SSSR count). The number of benzene rings is 2. The predicted molar refractivity (Wildman–Crippen MR) is 166 cm³/mol. The van der Waals surface area contributed by atoms with E-state index in [9.17, 15) is 18.0 Å². The third-order valence-corrected chi connectivity index (χ3v) is 9.17. The number of alkyl halides is 3. The van der Waals surface area contributed by atoms with Crippen molar-refractivity contribution in [2.75, 3.05) is 68.7 Å². The lowest BCUT2D eigenvalue weighted by molar-refractivity contribution is -0.137. The van der Waals surface area contributed by atoms with Gasteiger partial charge in [-0.25, -0.2) is 4.79 Å². The van der Waals surface area contributed by atoms with Crippen LogP contribution in [0, 0.1) is 17.2 Å². The quantitative estimate of drug-likeness (QED) is 0.374. The van der Waals surface area contributed by atoms with Gasteiger partial charge in [-0.3, -0.25) is 4.90 Å². The highest BCUT2D eigenvalue weighted by molar-refractivity contribution is 5.68. The molecule has 0 N–H and O–H groups in total. The van der Waals surface area contributed by atoms with Crippen molar-refractivity contribution in [3.63, 3.8) is 0 Å². The van der Waals surface area contributed by atoms with Crippen molar-refractivity contribution in [1.82, 2.24) is 9.80 Å². The lowest BCUT2D eigenvalue weighted by Gasteiger charge is -2.39. The lowest BCUT2D eigenvalue weighted by Crippen LogP contribution is -2.51. The number of hydrogen-bond acceptors (Lipinski definition) is 6. The maximum absolute atomic E-state index is 13.4. The summed E-state index contributed by atoms with van der Waals surface area (Å²) >= 11 is 0. The van der Waals surface area contributed by atoms with E-state index in [2.05, 4.69) is 34.1 Å². The van der Waals surface area contributed by atoms with E-state index in [1.807, 2.05) is 30.6 Å². The van der Waals surface area contributed by atoms with E-state index in [0.717, 1.165) is 64.5 Å². The van der Waals surface area contributed by atoms with Crippen molar-refractivity contribution in [3.8, 4) is 6.07 Å². The van der Waals surface area contributed by atoms with Crippen LogP contribution in [0.1, 0.15) is 69.1 Å². The molecule has 44 heavy (non-hydrogen) atoms. The Morgan fingerprint density at radius 2 is 1.41 bits per heavy atom. The molecule has 3 heterocycles. The van der Waals surface area contributed by atoms with Gasteiger partial charge < -0.3 is 19.4 Å². The van der Waals surface area contributed by atoms with Gasteiger partial charge in [0.05, 0.1) is 17.2 Å². The van der Waals surface area contributed by atoms with Gasteiger partial charge in [0.1, 0.15) is 5.60 Å². The molecule has 0 aliphatic carbocycles. The molecule has 238 valence electrons. The number of amides is 1. The smallest absolute Gasteiger partial charge is 0.417 e. The van der Waals surface area contributed by atoms with Gasteiger partial charge in [0, 0.05) is 70.3 Å². The first-order valence-electron chi connectivity index (χ1n) is 15.8. The van der Waals surface area contributed by atoms with Crippen molar-refractivity contribution in [1.29, 1.82) is 5.26 Å². The van der Waals surface area contributed by atoms with E-state index in [0.29, 0.717) is 43.7 Å². The van der Waals surface area contributed by atoms with Gasteiger partial charge in [0.2, 0.25) is 0 Å². The van der Waals surface area contributed by atoms with Gasteiger partial charge in [-0.2, -0.15) is 18.4 Å². The number of halogens is 3. The molecule has 3 fully saturated rings. The summed E-state index contributed by atoms with van der Waals surface area (Å²) < 4.78 is 45.8. The van der Waals surface area contributed by atoms with Crippen LogP contribution in [0.15, 0.2) is 42.5 Å². The fraction of sp³-hybridized carbons (Fsp3) is 0.588. The second-order valence-corrected chi connectivity index (χ2v) is 13.4. The summed E-state index contributed by atoms with van der Waals surface area (Å²) in [6.07, 6.45) is -0.712. The van der Waals surface area contributed by atoms with Gasteiger partial charge >= 0.3 is 12.3 Å². The number of nitriles is 1. The molecule has 0 aromatic heterocycles. The molecule has 3 aliphatic heterocycles. The number of piperidine rings is 2. The summed E-state index contributed by atoms with van der Waals surface area (Å²) in [7, 11) is 0. The Balaban J connectivity index is 1.06. The van der Waals surface area contributed by atoms with E-state index < -0.39 is 17.3 Å². The number of nitrogens with zero attached hydrogens (tertiary/aromatic N) is 5. The molecule has 0 radical (unpaired) electrons. The average Bonchev–Trinajstić information content (AvgIpc) is 3.00. The van der Waals surface area contributed by atoms with E-state index in [1.54, 1.807) is 12.1 Å². The molecular weight excluding hydrogens is 567 g/mol. The monoisotopic (exact) mass is 611 g/mol. The van der Waals surface area contributed by atoms with Crippen LogP contribution in [0.4, 0.5) is 29.3 Å². The van der Waals surface area contributed by atoms with Gasteiger partial charge in [-0.1, -0.05) is 12.1 Å².